The molecule has 2 aliphatic carbocycles. The molecular formula is C34H46ClN5. The Morgan fingerprint density at radius 3 is 2.50 bits per heavy atom. The summed E-state index contributed by atoms with van der Waals surface area (Å²) in [5.74, 6) is 0.345. The van der Waals surface area contributed by atoms with Crippen molar-refractivity contribution in [2.45, 2.75) is 95.2 Å². The van der Waals surface area contributed by atoms with Crippen molar-refractivity contribution in [2.75, 3.05) is 6.54 Å². The van der Waals surface area contributed by atoms with Gasteiger partial charge >= 0.3 is 0 Å². The van der Waals surface area contributed by atoms with Gasteiger partial charge in [0.25, 0.3) is 0 Å². The number of hydrogen-bond acceptors (Lipinski definition) is 3. The first-order valence-electron chi connectivity index (χ1n) is 15.2. The van der Waals surface area contributed by atoms with Gasteiger partial charge in [0.2, 0.25) is 0 Å². The van der Waals surface area contributed by atoms with Gasteiger partial charge in [0.1, 0.15) is 0 Å². The lowest BCUT2D eigenvalue weighted by Gasteiger charge is -2.28. The minimum Gasteiger partial charge on any atom is -0.344 e. The molecule has 2 aromatic heterocycles. The van der Waals surface area contributed by atoms with E-state index in [0.717, 1.165) is 31.5 Å². The lowest BCUT2D eigenvalue weighted by Crippen LogP contribution is -2.38. The molecule has 214 valence electrons. The molecule has 0 amide bonds. The smallest absolute Gasteiger partial charge is 0.0679 e. The van der Waals surface area contributed by atoms with E-state index in [4.69, 9.17) is 5.73 Å². The number of benzene rings is 2. The van der Waals surface area contributed by atoms with Crippen LogP contribution in [0.5, 0.6) is 0 Å². The Bertz CT molecular complexity index is 1390. The summed E-state index contributed by atoms with van der Waals surface area (Å²) in [5.41, 5.74) is 14.2. The molecule has 2 fully saturated rings. The maximum atomic E-state index is 6.18. The molecule has 0 aliphatic heterocycles. The van der Waals surface area contributed by atoms with Crippen LogP contribution in [-0.4, -0.2) is 33.0 Å². The molecule has 40 heavy (non-hydrogen) atoms. The van der Waals surface area contributed by atoms with Gasteiger partial charge in [0, 0.05) is 60.0 Å². The first-order chi connectivity index (χ1) is 19.1. The second-order valence-corrected chi connectivity index (χ2v) is 12.2. The highest BCUT2D eigenvalue weighted by Crippen LogP contribution is 2.40. The van der Waals surface area contributed by atoms with Crippen molar-refractivity contribution in [3.05, 3.63) is 77.6 Å². The lowest BCUT2D eigenvalue weighted by molar-refractivity contribution is 0.340. The molecule has 0 spiro atoms. The fourth-order valence-corrected chi connectivity index (χ4v) is 7.18. The third kappa shape index (κ3) is 6.17. The largest absolute Gasteiger partial charge is 0.344 e. The number of nitrogens with zero attached hydrogens (tertiary/aromatic N) is 3. The molecule has 6 heteroatoms. The molecule has 3 N–H and O–H groups in total. The number of halogens is 1. The van der Waals surface area contributed by atoms with Crippen molar-refractivity contribution >= 4 is 23.3 Å². The molecular weight excluding hydrogens is 514 g/mol. The summed E-state index contributed by atoms with van der Waals surface area (Å²) in [6.07, 6.45) is 16.8. The van der Waals surface area contributed by atoms with E-state index in [1.807, 2.05) is 17.9 Å². The van der Waals surface area contributed by atoms with E-state index in [9.17, 15) is 0 Å². The summed E-state index contributed by atoms with van der Waals surface area (Å²) in [5, 5.41) is 9.76. The minimum absolute atomic E-state index is 0. The Morgan fingerprint density at radius 2 is 1.77 bits per heavy atom. The van der Waals surface area contributed by atoms with Gasteiger partial charge in [-0.15, -0.1) is 12.4 Å². The maximum Gasteiger partial charge on any atom is 0.0679 e. The van der Waals surface area contributed by atoms with E-state index >= 15 is 0 Å². The van der Waals surface area contributed by atoms with Gasteiger partial charge < -0.3 is 15.6 Å². The Morgan fingerprint density at radius 1 is 0.975 bits per heavy atom. The van der Waals surface area contributed by atoms with E-state index in [1.165, 1.54) is 78.1 Å². The molecule has 5 nitrogen and oxygen atoms in total. The molecule has 1 atom stereocenters. The van der Waals surface area contributed by atoms with Gasteiger partial charge in [-0.3, -0.25) is 4.68 Å². The summed E-state index contributed by atoms with van der Waals surface area (Å²) in [6.45, 7) is 3.24. The summed E-state index contributed by atoms with van der Waals surface area (Å²) in [4.78, 5) is 0. The van der Waals surface area contributed by atoms with Crippen LogP contribution in [0.1, 0.15) is 92.9 Å². The first kappa shape index (κ1) is 28.9. The van der Waals surface area contributed by atoms with Crippen LogP contribution >= 0.6 is 12.4 Å². The van der Waals surface area contributed by atoms with Gasteiger partial charge in [-0.1, -0.05) is 55.2 Å². The minimum atomic E-state index is 0. The number of nitrogens with one attached hydrogen (secondary N) is 1. The van der Waals surface area contributed by atoms with Gasteiger partial charge in [-0.05, 0) is 87.7 Å². The van der Waals surface area contributed by atoms with E-state index in [2.05, 4.69) is 76.6 Å². The van der Waals surface area contributed by atoms with Crippen LogP contribution in [0.15, 0.2) is 60.9 Å². The first-order valence-corrected chi connectivity index (χ1v) is 15.2. The zero-order valence-electron chi connectivity index (χ0n) is 24.2. The Labute approximate surface area is 245 Å². The zero-order chi connectivity index (χ0) is 26.8. The van der Waals surface area contributed by atoms with Crippen LogP contribution in [0.4, 0.5) is 0 Å². The third-order valence-electron chi connectivity index (χ3n) is 9.41. The molecule has 6 rings (SSSR count). The molecule has 2 saturated carbocycles. The predicted molar refractivity (Wildman–Crippen MR) is 169 cm³/mol. The van der Waals surface area contributed by atoms with Crippen molar-refractivity contribution in [3.8, 4) is 11.3 Å². The number of nitrogens with two attached hydrogens (primary N) is 1. The molecule has 0 radical (unpaired) electrons. The Hall–Kier alpha value is -2.60. The maximum absolute atomic E-state index is 6.18. The number of hydrogen-bond donors (Lipinski definition) is 2. The second kappa shape index (κ2) is 12.9. The predicted octanol–water partition coefficient (Wildman–Crippen LogP) is 7.66. The molecule has 2 aromatic carbocycles. The number of aromatic nitrogens is 3. The summed E-state index contributed by atoms with van der Waals surface area (Å²) in [6, 6.07) is 20.0. The fraction of sp³-hybridized carbons (Fsp3) is 0.500. The monoisotopic (exact) mass is 559 g/mol. The summed E-state index contributed by atoms with van der Waals surface area (Å²) in [7, 11) is 2.03. The molecule has 1 unspecified atom stereocenters. The molecule has 0 bridgehead atoms. The van der Waals surface area contributed by atoms with Gasteiger partial charge in [0.05, 0.1) is 5.69 Å². The highest BCUT2D eigenvalue weighted by molar-refractivity contribution is 5.89. The Kier molecular flexibility index (Phi) is 9.34. The highest BCUT2D eigenvalue weighted by Gasteiger charge is 2.25. The van der Waals surface area contributed by atoms with Crippen LogP contribution in [0.3, 0.4) is 0 Å². The average molecular weight is 560 g/mol. The van der Waals surface area contributed by atoms with Crippen molar-refractivity contribution in [2.24, 2.45) is 12.8 Å². The average Bonchev–Trinajstić information content (AvgIpc) is 3.56. The topological polar surface area (TPSA) is 60.8 Å². The zero-order valence-corrected chi connectivity index (χ0v) is 25.0. The lowest BCUT2D eigenvalue weighted by atomic mass is 9.86. The molecule has 4 aromatic rings. The molecule has 0 saturated heterocycles. The van der Waals surface area contributed by atoms with Crippen LogP contribution < -0.4 is 11.1 Å². The van der Waals surface area contributed by atoms with Crippen molar-refractivity contribution in [1.82, 2.24) is 19.7 Å². The van der Waals surface area contributed by atoms with Gasteiger partial charge in [-0.2, -0.15) is 5.10 Å². The van der Waals surface area contributed by atoms with E-state index in [0.29, 0.717) is 24.0 Å². The fourth-order valence-electron chi connectivity index (χ4n) is 7.18. The highest BCUT2D eigenvalue weighted by atomic mass is 35.5. The summed E-state index contributed by atoms with van der Waals surface area (Å²) >= 11 is 0. The number of rotatable bonds is 8. The van der Waals surface area contributed by atoms with Crippen LogP contribution in [0.25, 0.3) is 22.2 Å². The normalized spacial score (nSPS) is 20.9. The van der Waals surface area contributed by atoms with Crippen molar-refractivity contribution in [1.29, 1.82) is 0 Å². The van der Waals surface area contributed by atoms with Crippen LogP contribution in [0.2, 0.25) is 0 Å². The second-order valence-electron chi connectivity index (χ2n) is 12.2. The van der Waals surface area contributed by atoms with E-state index in [1.54, 1.807) is 0 Å². The number of fused-ring (bicyclic) bond motifs is 1. The third-order valence-corrected chi connectivity index (χ3v) is 9.41. The summed E-state index contributed by atoms with van der Waals surface area (Å²) < 4.78 is 4.62. The van der Waals surface area contributed by atoms with Crippen LogP contribution in [0, 0.1) is 6.92 Å². The standard InChI is InChI=1S/C34H45N5.ClH/c1-24-7-6-8-25(21-24)30(17-19-36-28-14-12-27(35)13-15-28)32-23-39(29-9-4-3-5-10-29)34-16-11-26(22-31(32)34)33-18-20-37-38(33)2;/h6-8,11,16,18,20-23,27-30,36H,3-5,9-10,12-15,17,19,35H2,1-2H3;1H. The van der Waals surface area contributed by atoms with E-state index in [-0.39, 0.29) is 12.4 Å². The van der Waals surface area contributed by atoms with Crippen molar-refractivity contribution < 1.29 is 0 Å². The van der Waals surface area contributed by atoms with Gasteiger partial charge in [-0.25, -0.2) is 0 Å². The molecule has 2 aliphatic rings. The van der Waals surface area contributed by atoms with Crippen molar-refractivity contribution in [3.63, 3.8) is 0 Å². The van der Waals surface area contributed by atoms with Crippen LogP contribution in [-0.2, 0) is 7.05 Å². The quantitative estimate of drug-likeness (QED) is 0.233. The van der Waals surface area contributed by atoms with E-state index < -0.39 is 0 Å². The Balaban J connectivity index is 0.00000323. The SMILES string of the molecule is Cc1cccc(C(CCNC2CCC(N)CC2)c2cn(C3CCCCC3)c3ccc(-c4ccnn4C)cc23)c1.Cl. The number of aryl methyl sites for hydroxylation is 2. The molecule has 2 heterocycles. The van der Waals surface area contributed by atoms with Gasteiger partial charge in [0.15, 0.2) is 0 Å².